The van der Waals surface area contributed by atoms with Crippen molar-refractivity contribution in [2.75, 3.05) is 0 Å². The van der Waals surface area contributed by atoms with Crippen molar-refractivity contribution in [3.63, 3.8) is 0 Å². The van der Waals surface area contributed by atoms with Crippen LogP contribution in [0.5, 0.6) is 0 Å². The molecule has 1 aliphatic rings. The molecular weight excluding hydrogens is 134 g/mol. The van der Waals surface area contributed by atoms with Gasteiger partial charge >= 0.3 is 0 Å². The molecular formula is C10H21N. The van der Waals surface area contributed by atoms with Gasteiger partial charge in [-0.05, 0) is 30.1 Å². The molecule has 0 aliphatic heterocycles. The van der Waals surface area contributed by atoms with Gasteiger partial charge in [0.25, 0.3) is 0 Å². The summed E-state index contributed by atoms with van der Waals surface area (Å²) in [6.45, 7) is 9.11. The molecule has 0 saturated heterocycles. The van der Waals surface area contributed by atoms with Crippen molar-refractivity contribution >= 4 is 0 Å². The van der Waals surface area contributed by atoms with Crippen molar-refractivity contribution in [1.29, 1.82) is 0 Å². The van der Waals surface area contributed by atoms with Crippen LogP contribution in [-0.4, -0.2) is 6.04 Å². The Kier molecular flexibility index (Phi) is 2.29. The maximum atomic E-state index is 6.11. The SMILES string of the molecule is CC(C(N)C1CC1)C(C)(C)C. The van der Waals surface area contributed by atoms with Crippen LogP contribution in [-0.2, 0) is 0 Å². The van der Waals surface area contributed by atoms with Crippen molar-refractivity contribution in [3.8, 4) is 0 Å². The van der Waals surface area contributed by atoms with E-state index in [-0.39, 0.29) is 0 Å². The van der Waals surface area contributed by atoms with Crippen LogP contribution in [0.3, 0.4) is 0 Å². The first-order valence-electron chi connectivity index (χ1n) is 4.68. The van der Waals surface area contributed by atoms with Gasteiger partial charge in [-0.15, -0.1) is 0 Å². The van der Waals surface area contributed by atoms with Crippen molar-refractivity contribution in [1.82, 2.24) is 0 Å². The lowest BCUT2D eigenvalue weighted by Gasteiger charge is -2.32. The number of rotatable bonds is 2. The monoisotopic (exact) mass is 155 g/mol. The number of hydrogen-bond donors (Lipinski definition) is 1. The van der Waals surface area contributed by atoms with Gasteiger partial charge in [0, 0.05) is 6.04 Å². The van der Waals surface area contributed by atoms with Crippen LogP contribution in [0.1, 0.15) is 40.5 Å². The van der Waals surface area contributed by atoms with E-state index in [1.54, 1.807) is 0 Å². The third-order valence-electron chi connectivity index (χ3n) is 3.11. The van der Waals surface area contributed by atoms with Crippen LogP contribution in [0.2, 0.25) is 0 Å². The standard InChI is InChI=1S/C10H21N/c1-7(10(2,3)4)9(11)8-5-6-8/h7-9H,5-6,11H2,1-4H3. The highest BCUT2D eigenvalue weighted by Gasteiger charge is 2.36. The lowest BCUT2D eigenvalue weighted by molar-refractivity contribution is 0.208. The molecule has 0 bridgehead atoms. The van der Waals surface area contributed by atoms with Gasteiger partial charge in [-0.3, -0.25) is 0 Å². The van der Waals surface area contributed by atoms with E-state index >= 15 is 0 Å². The molecule has 1 rings (SSSR count). The maximum absolute atomic E-state index is 6.11. The van der Waals surface area contributed by atoms with Gasteiger partial charge in [-0.25, -0.2) is 0 Å². The van der Waals surface area contributed by atoms with E-state index in [9.17, 15) is 0 Å². The summed E-state index contributed by atoms with van der Waals surface area (Å²) in [6, 6.07) is 0.440. The van der Waals surface area contributed by atoms with Crippen LogP contribution in [0.15, 0.2) is 0 Å². The van der Waals surface area contributed by atoms with Crippen LogP contribution in [0.4, 0.5) is 0 Å². The van der Waals surface area contributed by atoms with Gasteiger partial charge in [0.15, 0.2) is 0 Å². The van der Waals surface area contributed by atoms with Gasteiger partial charge in [0.05, 0.1) is 0 Å². The topological polar surface area (TPSA) is 26.0 Å². The molecule has 66 valence electrons. The Morgan fingerprint density at radius 1 is 1.27 bits per heavy atom. The Morgan fingerprint density at radius 2 is 1.73 bits per heavy atom. The first kappa shape index (κ1) is 9.05. The van der Waals surface area contributed by atoms with Crippen LogP contribution < -0.4 is 5.73 Å². The highest BCUT2D eigenvalue weighted by atomic mass is 14.7. The fourth-order valence-corrected chi connectivity index (χ4v) is 1.47. The fraction of sp³-hybridized carbons (Fsp3) is 1.00. The Balaban J connectivity index is 2.45. The molecule has 1 saturated carbocycles. The highest BCUT2D eigenvalue weighted by Crippen LogP contribution is 2.39. The lowest BCUT2D eigenvalue weighted by Crippen LogP contribution is -2.37. The molecule has 0 heterocycles. The molecule has 2 unspecified atom stereocenters. The van der Waals surface area contributed by atoms with E-state index in [0.29, 0.717) is 17.4 Å². The zero-order valence-electron chi connectivity index (χ0n) is 8.22. The quantitative estimate of drug-likeness (QED) is 0.651. The molecule has 1 nitrogen and oxygen atoms in total. The van der Waals surface area contributed by atoms with Gasteiger partial charge in [-0.1, -0.05) is 27.7 Å². The zero-order chi connectivity index (χ0) is 8.65. The summed E-state index contributed by atoms with van der Waals surface area (Å²) in [4.78, 5) is 0. The second-order valence-electron chi connectivity index (χ2n) is 5.07. The van der Waals surface area contributed by atoms with E-state index < -0.39 is 0 Å². The van der Waals surface area contributed by atoms with E-state index in [4.69, 9.17) is 5.73 Å². The predicted molar refractivity (Wildman–Crippen MR) is 49.3 cm³/mol. The predicted octanol–water partition coefficient (Wildman–Crippen LogP) is 2.41. The Labute approximate surface area is 70.4 Å². The molecule has 1 fully saturated rings. The Bertz CT molecular complexity index is 130. The number of hydrogen-bond acceptors (Lipinski definition) is 1. The van der Waals surface area contributed by atoms with Crippen LogP contribution in [0, 0.1) is 17.3 Å². The maximum Gasteiger partial charge on any atom is 0.00979 e. The second-order valence-corrected chi connectivity index (χ2v) is 5.07. The van der Waals surface area contributed by atoms with Crippen molar-refractivity contribution in [2.24, 2.45) is 23.0 Å². The summed E-state index contributed by atoms with van der Waals surface area (Å²) in [5, 5.41) is 0. The second kappa shape index (κ2) is 2.78. The molecule has 0 spiro atoms. The summed E-state index contributed by atoms with van der Waals surface area (Å²) in [5.41, 5.74) is 6.49. The molecule has 2 atom stereocenters. The van der Waals surface area contributed by atoms with Crippen LogP contribution >= 0.6 is 0 Å². The van der Waals surface area contributed by atoms with E-state index in [0.717, 1.165) is 5.92 Å². The lowest BCUT2D eigenvalue weighted by atomic mass is 9.76. The van der Waals surface area contributed by atoms with E-state index in [1.165, 1.54) is 12.8 Å². The summed E-state index contributed by atoms with van der Waals surface area (Å²) in [5.74, 6) is 1.49. The molecule has 1 aliphatic carbocycles. The average Bonchev–Trinajstić information content (AvgIpc) is 2.63. The van der Waals surface area contributed by atoms with Crippen LogP contribution in [0.25, 0.3) is 0 Å². The first-order chi connectivity index (χ1) is 4.93. The average molecular weight is 155 g/mol. The molecule has 0 aromatic rings. The minimum absolute atomic E-state index is 0.377. The Morgan fingerprint density at radius 3 is 2.00 bits per heavy atom. The summed E-state index contributed by atoms with van der Waals surface area (Å²) in [6.07, 6.45) is 2.73. The van der Waals surface area contributed by atoms with E-state index in [2.05, 4.69) is 27.7 Å². The van der Waals surface area contributed by atoms with Gasteiger partial charge in [-0.2, -0.15) is 0 Å². The van der Waals surface area contributed by atoms with E-state index in [1.807, 2.05) is 0 Å². The largest absolute Gasteiger partial charge is 0.327 e. The molecule has 0 aromatic carbocycles. The van der Waals surface area contributed by atoms with Crippen molar-refractivity contribution in [2.45, 2.75) is 46.6 Å². The fourth-order valence-electron chi connectivity index (χ4n) is 1.47. The number of nitrogens with two attached hydrogens (primary N) is 1. The van der Waals surface area contributed by atoms with Crippen molar-refractivity contribution < 1.29 is 0 Å². The summed E-state index contributed by atoms with van der Waals surface area (Å²) >= 11 is 0. The summed E-state index contributed by atoms with van der Waals surface area (Å²) in [7, 11) is 0. The van der Waals surface area contributed by atoms with Crippen molar-refractivity contribution in [3.05, 3.63) is 0 Å². The minimum atomic E-state index is 0.377. The molecule has 2 N–H and O–H groups in total. The third kappa shape index (κ3) is 2.19. The third-order valence-corrected chi connectivity index (χ3v) is 3.11. The normalized spacial score (nSPS) is 24.8. The zero-order valence-corrected chi connectivity index (χ0v) is 8.22. The smallest absolute Gasteiger partial charge is 0.00979 e. The van der Waals surface area contributed by atoms with Gasteiger partial charge in [0.2, 0.25) is 0 Å². The summed E-state index contributed by atoms with van der Waals surface area (Å²) < 4.78 is 0. The molecule has 11 heavy (non-hydrogen) atoms. The molecule has 1 heteroatoms. The highest BCUT2D eigenvalue weighted by molar-refractivity contribution is 4.90. The molecule has 0 amide bonds. The first-order valence-corrected chi connectivity index (χ1v) is 4.68. The minimum Gasteiger partial charge on any atom is -0.327 e. The molecule has 0 radical (unpaired) electrons. The molecule has 0 aromatic heterocycles. The Hall–Kier alpha value is -0.0400. The van der Waals surface area contributed by atoms with Gasteiger partial charge in [0.1, 0.15) is 0 Å². The van der Waals surface area contributed by atoms with Gasteiger partial charge < -0.3 is 5.73 Å².